The zero-order valence-electron chi connectivity index (χ0n) is 13.6. The predicted octanol–water partition coefficient (Wildman–Crippen LogP) is 0.503. The molecule has 0 spiro atoms. The molecule has 1 saturated heterocycles. The molecular formula is C13H20N4O5S2. The van der Waals surface area contributed by atoms with Crippen LogP contribution in [0, 0.1) is 0 Å². The third-order valence-electron chi connectivity index (χ3n) is 3.20. The summed E-state index contributed by atoms with van der Waals surface area (Å²) in [7, 11) is -3.77. The minimum Gasteiger partial charge on any atom is -0.444 e. The summed E-state index contributed by atoms with van der Waals surface area (Å²) in [4.78, 5) is 28.1. The number of thiazole rings is 1. The van der Waals surface area contributed by atoms with Gasteiger partial charge in [0.1, 0.15) is 11.8 Å². The summed E-state index contributed by atoms with van der Waals surface area (Å²) in [6.45, 7) is 5.27. The molecule has 0 aromatic carbocycles. The van der Waals surface area contributed by atoms with Gasteiger partial charge in [0.2, 0.25) is 6.41 Å². The number of rotatable bonds is 5. The van der Waals surface area contributed by atoms with Crippen molar-refractivity contribution in [1.82, 2.24) is 19.9 Å². The topological polar surface area (TPSA) is 118 Å². The molecule has 0 unspecified atom stereocenters. The maximum Gasteiger partial charge on any atom is 0.411 e. The molecule has 0 aliphatic carbocycles. The molecule has 2 rings (SSSR count). The van der Waals surface area contributed by atoms with Crippen LogP contribution in [-0.2, 0) is 19.6 Å². The molecular weight excluding hydrogens is 356 g/mol. The molecule has 0 saturated carbocycles. The predicted molar refractivity (Wildman–Crippen MR) is 86.8 cm³/mol. The van der Waals surface area contributed by atoms with Gasteiger partial charge in [-0.15, -0.1) is 11.3 Å². The molecule has 24 heavy (non-hydrogen) atoms. The normalized spacial score (nSPS) is 21.5. The minimum absolute atomic E-state index is 0.0666. The van der Waals surface area contributed by atoms with E-state index in [4.69, 9.17) is 4.74 Å². The Morgan fingerprint density at radius 2 is 2.21 bits per heavy atom. The summed E-state index contributed by atoms with van der Waals surface area (Å²) in [6, 6.07) is -0.554. The van der Waals surface area contributed by atoms with E-state index < -0.39 is 33.9 Å². The molecule has 134 valence electrons. The van der Waals surface area contributed by atoms with E-state index in [9.17, 15) is 18.0 Å². The molecule has 9 nitrogen and oxygen atoms in total. The largest absolute Gasteiger partial charge is 0.444 e. The number of carbonyl (C=O) groups is 2. The molecule has 1 aromatic heterocycles. The van der Waals surface area contributed by atoms with Crippen molar-refractivity contribution in [3.05, 3.63) is 10.9 Å². The Labute approximate surface area is 144 Å². The number of likely N-dealkylation sites (tertiary alicyclic amines) is 1. The summed E-state index contributed by atoms with van der Waals surface area (Å²) in [5.41, 5.74) is 0.730. The maximum atomic E-state index is 12.2. The highest BCUT2D eigenvalue weighted by Crippen LogP contribution is 2.21. The number of amides is 2. The van der Waals surface area contributed by atoms with Crippen LogP contribution in [0.4, 0.5) is 4.79 Å². The average molecular weight is 376 g/mol. The fraction of sp³-hybridized carbons (Fsp3) is 0.615. The van der Waals surface area contributed by atoms with Crippen molar-refractivity contribution >= 4 is 33.9 Å². The van der Waals surface area contributed by atoms with Crippen molar-refractivity contribution < 1.29 is 22.7 Å². The lowest BCUT2D eigenvalue weighted by atomic mass is 10.2. The molecule has 1 aromatic rings. The quantitative estimate of drug-likeness (QED) is 0.723. The fourth-order valence-corrected chi connectivity index (χ4v) is 4.37. The zero-order chi connectivity index (χ0) is 18.0. The standard InChI is InChI=1S/C13H20N4O5S2/c1-13(2,3)22-12(19)17-5-9(4-10(17)14-7-18)16-24(20,21)11-6-23-8-15-11/h6-10,16H,4-5H2,1-3H3,(H,14,18)/t9-,10+/m1/s1. The Hall–Kier alpha value is -1.72. The van der Waals surface area contributed by atoms with Gasteiger partial charge < -0.3 is 10.1 Å². The maximum absolute atomic E-state index is 12.2. The van der Waals surface area contributed by atoms with Gasteiger partial charge in [-0.25, -0.2) is 22.9 Å². The van der Waals surface area contributed by atoms with E-state index in [-0.39, 0.29) is 18.0 Å². The Kier molecular flexibility index (Phi) is 5.45. The second kappa shape index (κ2) is 7.03. The van der Waals surface area contributed by atoms with Gasteiger partial charge in [0, 0.05) is 24.4 Å². The van der Waals surface area contributed by atoms with E-state index in [1.54, 1.807) is 20.8 Å². The van der Waals surface area contributed by atoms with Crippen molar-refractivity contribution in [2.75, 3.05) is 6.54 Å². The lowest BCUT2D eigenvalue weighted by molar-refractivity contribution is -0.110. The number of ether oxygens (including phenoxy) is 1. The van der Waals surface area contributed by atoms with Crippen LogP contribution >= 0.6 is 11.3 Å². The Morgan fingerprint density at radius 3 is 2.75 bits per heavy atom. The molecule has 1 aliphatic heterocycles. The first-order valence-corrected chi connectivity index (χ1v) is 9.65. The number of nitrogens with one attached hydrogen (secondary N) is 2. The fourth-order valence-electron chi connectivity index (χ4n) is 2.29. The lowest BCUT2D eigenvalue weighted by Crippen LogP contribution is -2.46. The molecule has 2 amide bonds. The summed E-state index contributed by atoms with van der Waals surface area (Å²) in [5.74, 6) is 0. The van der Waals surface area contributed by atoms with E-state index >= 15 is 0 Å². The Morgan fingerprint density at radius 1 is 1.50 bits per heavy atom. The van der Waals surface area contributed by atoms with E-state index in [2.05, 4.69) is 15.0 Å². The minimum atomic E-state index is -3.77. The highest BCUT2D eigenvalue weighted by Gasteiger charge is 2.39. The van der Waals surface area contributed by atoms with E-state index in [1.807, 2.05) is 0 Å². The second-order valence-corrected chi connectivity index (χ2v) is 8.69. The van der Waals surface area contributed by atoms with E-state index in [0.29, 0.717) is 6.41 Å². The van der Waals surface area contributed by atoms with Crippen molar-refractivity contribution in [1.29, 1.82) is 0 Å². The van der Waals surface area contributed by atoms with Crippen LogP contribution < -0.4 is 10.0 Å². The summed E-state index contributed by atoms with van der Waals surface area (Å²) in [5, 5.41) is 3.86. The van der Waals surface area contributed by atoms with Gasteiger partial charge >= 0.3 is 6.09 Å². The Bertz CT molecular complexity index is 684. The zero-order valence-corrected chi connectivity index (χ0v) is 15.2. The van der Waals surface area contributed by atoms with Crippen LogP contribution in [0.25, 0.3) is 0 Å². The molecule has 1 fully saturated rings. The molecule has 11 heteroatoms. The number of hydrogen-bond donors (Lipinski definition) is 2. The van der Waals surface area contributed by atoms with Gasteiger partial charge in [-0.3, -0.25) is 9.69 Å². The first kappa shape index (κ1) is 18.6. The molecule has 2 atom stereocenters. The van der Waals surface area contributed by atoms with Gasteiger partial charge in [-0.05, 0) is 20.8 Å². The number of aromatic nitrogens is 1. The molecule has 1 aliphatic rings. The van der Waals surface area contributed by atoms with Crippen LogP contribution in [0.1, 0.15) is 27.2 Å². The number of nitrogens with zero attached hydrogens (tertiary/aromatic N) is 2. The van der Waals surface area contributed by atoms with Crippen LogP contribution in [0.2, 0.25) is 0 Å². The molecule has 0 bridgehead atoms. The molecule has 0 radical (unpaired) electrons. The van der Waals surface area contributed by atoms with Gasteiger partial charge in [-0.2, -0.15) is 0 Å². The van der Waals surface area contributed by atoms with Gasteiger partial charge in [-0.1, -0.05) is 0 Å². The average Bonchev–Trinajstić information content (AvgIpc) is 3.06. The highest BCUT2D eigenvalue weighted by molar-refractivity contribution is 7.89. The first-order chi connectivity index (χ1) is 11.1. The first-order valence-electron chi connectivity index (χ1n) is 7.22. The van der Waals surface area contributed by atoms with Crippen molar-refractivity contribution in [3.63, 3.8) is 0 Å². The van der Waals surface area contributed by atoms with E-state index in [1.165, 1.54) is 27.1 Å². The highest BCUT2D eigenvalue weighted by atomic mass is 32.2. The third kappa shape index (κ3) is 4.65. The lowest BCUT2D eigenvalue weighted by Gasteiger charge is -2.28. The Balaban J connectivity index is 2.09. The van der Waals surface area contributed by atoms with Crippen LogP contribution in [0.15, 0.2) is 15.9 Å². The van der Waals surface area contributed by atoms with Crippen molar-refractivity contribution in [2.24, 2.45) is 0 Å². The van der Waals surface area contributed by atoms with Crippen LogP contribution in [-0.4, -0.2) is 55.2 Å². The number of carbonyl (C=O) groups excluding carboxylic acids is 2. The van der Waals surface area contributed by atoms with Crippen LogP contribution in [0.3, 0.4) is 0 Å². The third-order valence-corrected chi connectivity index (χ3v) is 5.35. The second-order valence-electron chi connectivity index (χ2n) is 6.31. The van der Waals surface area contributed by atoms with Crippen LogP contribution in [0.5, 0.6) is 0 Å². The smallest absolute Gasteiger partial charge is 0.411 e. The summed E-state index contributed by atoms with van der Waals surface area (Å²) >= 11 is 1.17. The number of hydrogen-bond acceptors (Lipinski definition) is 7. The summed E-state index contributed by atoms with van der Waals surface area (Å²) in [6.07, 6.45) is -0.543. The monoisotopic (exact) mass is 376 g/mol. The van der Waals surface area contributed by atoms with Gasteiger partial charge in [0.05, 0.1) is 5.51 Å². The molecule has 2 N–H and O–H groups in total. The van der Waals surface area contributed by atoms with Crippen molar-refractivity contribution in [3.8, 4) is 0 Å². The molecule has 2 heterocycles. The SMILES string of the molecule is CC(C)(C)OC(=O)N1C[C@H](NS(=O)(=O)c2cscn2)C[C@H]1NC=O. The summed E-state index contributed by atoms with van der Waals surface area (Å²) < 4.78 is 32.3. The van der Waals surface area contributed by atoms with Gasteiger partial charge in [0.15, 0.2) is 5.03 Å². The number of sulfonamides is 1. The van der Waals surface area contributed by atoms with Gasteiger partial charge in [0.25, 0.3) is 10.0 Å². The van der Waals surface area contributed by atoms with E-state index in [0.717, 1.165) is 0 Å². The van der Waals surface area contributed by atoms with Crippen molar-refractivity contribution in [2.45, 2.75) is 50.0 Å².